The highest BCUT2D eigenvalue weighted by Gasteiger charge is 1.91. The van der Waals surface area contributed by atoms with E-state index in [0.29, 0.717) is 0 Å². The monoisotopic (exact) mass is 200 g/mol. The second kappa shape index (κ2) is 4.51. The zero-order chi connectivity index (χ0) is 8.15. The highest BCUT2D eigenvalue weighted by Crippen LogP contribution is 2.17. The molecule has 0 fully saturated rings. The predicted octanol–water partition coefficient (Wildman–Crippen LogP) is 3.81. The molecule has 0 aliphatic rings. The number of halogens is 1. The smallest absolute Gasteiger partial charge is 0.0203 e. The van der Waals surface area contributed by atoms with Gasteiger partial charge in [0.2, 0.25) is 0 Å². The van der Waals surface area contributed by atoms with E-state index in [-0.39, 0.29) is 0 Å². The molecular weight excluding hydrogens is 188 g/mol. The standard InChI is InChI=1S/C9H13Br/c1-5-8(4)9(10)6-7(2)3/h5-6H,2H2,1,3-4H3. The van der Waals surface area contributed by atoms with E-state index in [2.05, 4.69) is 35.5 Å². The molecule has 1 heteroatoms. The van der Waals surface area contributed by atoms with Crippen molar-refractivity contribution in [3.05, 3.63) is 34.4 Å². The number of rotatable bonds is 2. The fourth-order valence-electron chi connectivity index (χ4n) is 0.468. The molecule has 0 spiro atoms. The van der Waals surface area contributed by atoms with Gasteiger partial charge in [0.05, 0.1) is 0 Å². The van der Waals surface area contributed by atoms with Gasteiger partial charge in [0.25, 0.3) is 0 Å². The van der Waals surface area contributed by atoms with Crippen molar-refractivity contribution >= 4 is 15.9 Å². The molecule has 0 bridgehead atoms. The largest absolute Gasteiger partial charge is 0.0961 e. The van der Waals surface area contributed by atoms with E-state index in [1.54, 1.807) is 0 Å². The summed E-state index contributed by atoms with van der Waals surface area (Å²) < 4.78 is 1.11. The van der Waals surface area contributed by atoms with Gasteiger partial charge in [0.15, 0.2) is 0 Å². The molecule has 0 radical (unpaired) electrons. The Hall–Kier alpha value is -0.300. The van der Waals surface area contributed by atoms with Crippen LogP contribution in [-0.2, 0) is 0 Å². The fraction of sp³-hybridized carbons (Fsp3) is 0.333. The van der Waals surface area contributed by atoms with Gasteiger partial charge in [-0.1, -0.05) is 34.2 Å². The van der Waals surface area contributed by atoms with Crippen molar-refractivity contribution in [2.24, 2.45) is 0 Å². The van der Waals surface area contributed by atoms with Gasteiger partial charge in [-0.25, -0.2) is 0 Å². The van der Waals surface area contributed by atoms with Crippen LogP contribution in [0.5, 0.6) is 0 Å². The summed E-state index contributed by atoms with van der Waals surface area (Å²) in [6.07, 6.45) is 4.07. The molecule has 0 saturated carbocycles. The van der Waals surface area contributed by atoms with Gasteiger partial charge in [-0.05, 0) is 32.4 Å². The molecule has 0 aliphatic carbocycles. The van der Waals surface area contributed by atoms with Crippen molar-refractivity contribution in [2.45, 2.75) is 20.8 Å². The highest BCUT2D eigenvalue weighted by molar-refractivity contribution is 9.12. The zero-order valence-electron chi connectivity index (χ0n) is 6.74. The summed E-state index contributed by atoms with van der Waals surface area (Å²) >= 11 is 3.44. The Morgan fingerprint density at radius 2 is 1.90 bits per heavy atom. The van der Waals surface area contributed by atoms with Crippen LogP contribution in [-0.4, -0.2) is 0 Å². The van der Waals surface area contributed by atoms with E-state index in [9.17, 15) is 0 Å². The van der Waals surface area contributed by atoms with E-state index in [4.69, 9.17) is 0 Å². The lowest BCUT2D eigenvalue weighted by Crippen LogP contribution is -1.74. The molecule has 0 aromatic rings. The Bertz CT molecular complexity index is 185. The van der Waals surface area contributed by atoms with Crippen molar-refractivity contribution < 1.29 is 0 Å². The average molecular weight is 201 g/mol. The summed E-state index contributed by atoms with van der Waals surface area (Å²) in [7, 11) is 0. The van der Waals surface area contributed by atoms with Gasteiger partial charge < -0.3 is 0 Å². The average Bonchev–Trinajstić information content (AvgIpc) is 1.85. The van der Waals surface area contributed by atoms with Crippen molar-refractivity contribution in [3.8, 4) is 0 Å². The Labute approximate surface area is 71.5 Å². The van der Waals surface area contributed by atoms with Crippen molar-refractivity contribution in [2.75, 3.05) is 0 Å². The molecule has 10 heavy (non-hydrogen) atoms. The van der Waals surface area contributed by atoms with Crippen molar-refractivity contribution in [1.29, 1.82) is 0 Å². The minimum Gasteiger partial charge on any atom is -0.0961 e. The van der Waals surface area contributed by atoms with E-state index < -0.39 is 0 Å². The minimum atomic E-state index is 1.06. The molecule has 56 valence electrons. The molecule has 0 amide bonds. The lowest BCUT2D eigenvalue weighted by atomic mass is 10.2. The van der Waals surface area contributed by atoms with Crippen molar-refractivity contribution in [1.82, 2.24) is 0 Å². The van der Waals surface area contributed by atoms with Crippen LogP contribution in [0.1, 0.15) is 20.8 Å². The molecule has 0 rings (SSSR count). The summed E-state index contributed by atoms with van der Waals surface area (Å²) in [6, 6.07) is 0. The molecule has 0 aromatic heterocycles. The Kier molecular flexibility index (Phi) is 4.37. The summed E-state index contributed by atoms with van der Waals surface area (Å²) in [5.74, 6) is 0. The maximum atomic E-state index is 3.78. The molecule has 0 unspecified atom stereocenters. The van der Waals surface area contributed by atoms with Gasteiger partial charge in [-0.3, -0.25) is 0 Å². The SMILES string of the molecule is C=C(C)C=C(Br)C(C)=CC. The predicted molar refractivity (Wildman–Crippen MR) is 51.3 cm³/mol. The van der Waals surface area contributed by atoms with Crippen LogP contribution in [0.2, 0.25) is 0 Å². The van der Waals surface area contributed by atoms with Gasteiger partial charge in [0, 0.05) is 4.48 Å². The highest BCUT2D eigenvalue weighted by atomic mass is 79.9. The number of allylic oxidation sites excluding steroid dienone is 5. The van der Waals surface area contributed by atoms with Crippen LogP contribution >= 0.6 is 15.9 Å². The molecular formula is C9H13Br. The second-order valence-corrected chi connectivity index (χ2v) is 3.16. The first-order valence-electron chi connectivity index (χ1n) is 3.24. The summed E-state index contributed by atoms with van der Waals surface area (Å²) in [6.45, 7) is 9.83. The van der Waals surface area contributed by atoms with E-state index in [0.717, 1.165) is 10.1 Å². The van der Waals surface area contributed by atoms with Crippen LogP contribution in [0.15, 0.2) is 34.4 Å². The lowest BCUT2D eigenvalue weighted by Gasteiger charge is -1.96. The molecule has 0 N–H and O–H groups in total. The third kappa shape index (κ3) is 3.67. The lowest BCUT2D eigenvalue weighted by molar-refractivity contribution is 1.44. The molecule has 0 aliphatic heterocycles. The molecule has 0 saturated heterocycles. The number of hydrogen-bond donors (Lipinski definition) is 0. The maximum Gasteiger partial charge on any atom is 0.0203 e. The third-order valence-corrected chi connectivity index (χ3v) is 2.04. The minimum absolute atomic E-state index is 1.06. The fourth-order valence-corrected chi connectivity index (χ4v) is 1.09. The first-order chi connectivity index (χ1) is 4.57. The van der Waals surface area contributed by atoms with Crippen molar-refractivity contribution in [3.63, 3.8) is 0 Å². The Morgan fingerprint density at radius 3 is 2.20 bits per heavy atom. The van der Waals surface area contributed by atoms with E-state index >= 15 is 0 Å². The molecule has 0 nitrogen and oxygen atoms in total. The zero-order valence-corrected chi connectivity index (χ0v) is 8.33. The first kappa shape index (κ1) is 9.70. The van der Waals surface area contributed by atoms with Crippen LogP contribution in [0, 0.1) is 0 Å². The van der Waals surface area contributed by atoms with Crippen LogP contribution < -0.4 is 0 Å². The molecule has 0 aromatic carbocycles. The third-order valence-electron chi connectivity index (χ3n) is 1.18. The van der Waals surface area contributed by atoms with Gasteiger partial charge in [0.1, 0.15) is 0 Å². The van der Waals surface area contributed by atoms with Crippen LogP contribution in [0.4, 0.5) is 0 Å². The Morgan fingerprint density at radius 1 is 1.40 bits per heavy atom. The topological polar surface area (TPSA) is 0 Å². The van der Waals surface area contributed by atoms with Gasteiger partial charge in [-0.15, -0.1) is 0 Å². The van der Waals surface area contributed by atoms with Gasteiger partial charge >= 0.3 is 0 Å². The Balaban J connectivity index is 4.35. The normalized spacial score (nSPS) is 13.6. The maximum absolute atomic E-state index is 3.78. The molecule has 0 atom stereocenters. The van der Waals surface area contributed by atoms with Gasteiger partial charge in [-0.2, -0.15) is 0 Å². The number of hydrogen-bond acceptors (Lipinski definition) is 0. The summed E-state index contributed by atoms with van der Waals surface area (Å²) in [5, 5.41) is 0. The van der Waals surface area contributed by atoms with E-state index in [1.165, 1.54) is 5.57 Å². The van der Waals surface area contributed by atoms with Crippen LogP contribution in [0.25, 0.3) is 0 Å². The van der Waals surface area contributed by atoms with Crippen LogP contribution in [0.3, 0.4) is 0 Å². The quantitative estimate of drug-likeness (QED) is 0.596. The first-order valence-corrected chi connectivity index (χ1v) is 4.03. The second-order valence-electron chi connectivity index (χ2n) is 2.31. The summed E-state index contributed by atoms with van der Waals surface area (Å²) in [5.41, 5.74) is 2.30. The van der Waals surface area contributed by atoms with E-state index in [1.807, 2.05) is 19.9 Å². The molecule has 0 heterocycles. The summed E-state index contributed by atoms with van der Waals surface area (Å²) in [4.78, 5) is 0.